The lowest BCUT2D eigenvalue weighted by atomic mass is 9.78. The van der Waals surface area contributed by atoms with Crippen LogP contribution in [0.3, 0.4) is 0 Å². The van der Waals surface area contributed by atoms with E-state index in [1.807, 2.05) is 6.92 Å². The Morgan fingerprint density at radius 1 is 1.62 bits per heavy atom. The molecule has 1 aliphatic heterocycles. The quantitative estimate of drug-likeness (QED) is 0.755. The standard InChI is InChI=1S/C10H13BClNO3/c1-2-15-8-4-6(12)3-7-9(5-13)16-11(14)10(7)8/h3-4,9,14H,2,5,13H2,1H3. The SMILES string of the molecule is CCOc1cc(Cl)cc2c1B(O)OC2CN. The molecule has 0 spiro atoms. The third-order valence-electron chi connectivity index (χ3n) is 2.54. The Labute approximate surface area is 99.4 Å². The molecule has 0 aromatic heterocycles. The summed E-state index contributed by atoms with van der Waals surface area (Å²) in [5, 5.41) is 10.3. The fraction of sp³-hybridized carbons (Fsp3) is 0.400. The molecule has 0 saturated heterocycles. The third kappa shape index (κ3) is 1.91. The van der Waals surface area contributed by atoms with Crippen LogP contribution in [-0.4, -0.2) is 25.3 Å². The molecule has 1 heterocycles. The van der Waals surface area contributed by atoms with E-state index in [1.54, 1.807) is 12.1 Å². The summed E-state index contributed by atoms with van der Waals surface area (Å²) in [6.07, 6.45) is -0.317. The summed E-state index contributed by atoms with van der Waals surface area (Å²) in [6.45, 7) is 2.68. The molecule has 0 amide bonds. The average molecular weight is 241 g/mol. The summed E-state index contributed by atoms with van der Waals surface area (Å²) in [4.78, 5) is 0. The number of benzene rings is 1. The molecule has 1 atom stereocenters. The minimum absolute atomic E-state index is 0.302. The van der Waals surface area contributed by atoms with E-state index in [0.717, 1.165) is 5.56 Å². The van der Waals surface area contributed by atoms with Gasteiger partial charge < -0.3 is 20.1 Å². The predicted molar refractivity (Wildman–Crippen MR) is 63.1 cm³/mol. The maximum atomic E-state index is 9.78. The van der Waals surface area contributed by atoms with Crippen molar-refractivity contribution < 1.29 is 14.4 Å². The average Bonchev–Trinajstić information content (AvgIpc) is 2.55. The molecule has 1 aromatic carbocycles. The molecule has 1 aromatic rings. The Bertz CT molecular complexity index is 402. The largest absolute Gasteiger partial charge is 0.495 e. The number of ether oxygens (including phenoxy) is 1. The number of nitrogens with two attached hydrogens (primary N) is 1. The van der Waals surface area contributed by atoms with Crippen molar-refractivity contribution in [3.63, 3.8) is 0 Å². The normalized spacial score (nSPS) is 18.8. The summed E-state index contributed by atoms with van der Waals surface area (Å²) in [5.41, 5.74) is 7.02. The van der Waals surface area contributed by atoms with Gasteiger partial charge in [-0.3, -0.25) is 0 Å². The van der Waals surface area contributed by atoms with Crippen molar-refractivity contribution in [1.82, 2.24) is 0 Å². The molecule has 0 bridgehead atoms. The van der Waals surface area contributed by atoms with Crippen molar-refractivity contribution >= 4 is 24.2 Å². The Morgan fingerprint density at radius 3 is 3.00 bits per heavy atom. The Morgan fingerprint density at radius 2 is 2.38 bits per heavy atom. The van der Waals surface area contributed by atoms with E-state index in [2.05, 4.69) is 0 Å². The molecule has 0 radical (unpaired) electrons. The van der Waals surface area contributed by atoms with Crippen LogP contribution in [0.5, 0.6) is 5.75 Å². The Balaban J connectivity index is 2.50. The van der Waals surface area contributed by atoms with Gasteiger partial charge in [-0.15, -0.1) is 0 Å². The van der Waals surface area contributed by atoms with E-state index in [1.165, 1.54) is 0 Å². The topological polar surface area (TPSA) is 64.7 Å². The second-order valence-corrected chi connectivity index (χ2v) is 3.99. The zero-order valence-corrected chi connectivity index (χ0v) is 9.70. The van der Waals surface area contributed by atoms with Crippen molar-refractivity contribution in [2.24, 2.45) is 5.73 Å². The summed E-state index contributed by atoms with van der Waals surface area (Å²) in [7, 11) is -0.984. The molecular weight excluding hydrogens is 228 g/mol. The zero-order valence-electron chi connectivity index (χ0n) is 8.94. The van der Waals surface area contributed by atoms with Crippen LogP contribution in [-0.2, 0) is 4.65 Å². The number of halogens is 1. The highest BCUT2D eigenvalue weighted by Gasteiger charge is 2.37. The van der Waals surface area contributed by atoms with Crippen LogP contribution in [0.2, 0.25) is 5.02 Å². The lowest BCUT2D eigenvalue weighted by molar-refractivity contribution is 0.198. The second kappa shape index (κ2) is 4.63. The van der Waals surface area contributed by atoms with Gasteiger partial charge in [0.2, 0.25) is 0 Å². The van der Waals surface area contributed by atoms with Gasteiger partial charge in [0, 0.05) is 17.0 Å². The van der Waals surface area contributed by atoms with Crippen molar-refractivity contribution in [3.8, 4) is 5.75 Å². The molecular formula is C10H13BClNO3. The Hall–Kier alpha value is -0.745. The van der Waals surface area contributed by atoms with Gasteiger partial charge in [-0.2, -0.15) is 0 Å². The molecule has 86 valence electrons. The molecule has 2 rings (SSSR count). The summed E-state index contributed by atoms with van der Waals surface area (Å²) >= 11 is 5.98. The van der Waals surface area contributed by atoms with Crippen LogP contribution >= 0.6 is 11.6 Å². The molecule has 16 heavy (non-hydrogen) atoms. The van der Waals surface area contributed by atoms with Crippen LogP contribution in [0, 0.1) is 0 Å². The first-order chi connectivity index (χ1) is 7.67. The van der Waals surface area contributed by atoms with E-state index in [4.69, 9.17) is 26.7 Å². The van der Waals surface area contributed by atoms with Crippen LogP contribution in [0.1, 0.15) is 18.6 Å². The number of hydrogen-bond acceptors (Lipinski definition) is 4. The smallest absolute Gasteiger partial charge is 0.494 e. The molecule has 0 aliphatic carbocycles. The van der Waals surface area contributed by atoms with Crippen LogP contribution in [0.4, 0.5) is 0 Å². The first-order valence-corrected chi connectivity index (χ1v) is 5.55. The molecule has 0 fully saturated rings. The zero-order chi connectivity index (χ0) is 11.7. The van der Waals surface area contributed by atoms with E-state index < -0.39 is 7.12 Å². The Kier molecular flexibility index (Phi) is 3.40. The predicted octanol–water partition coefficient (Wildman–Crippen LogP) is 0.456. The molecule has 1 unspecified atom stereocenters. The van der Waals surface area contributed by atoms with Gasteiger partial charge in [-0.1, -0.05) is 11.6 Å². The molecule has 0 saturated carbocycles. The summed E-state index contributed by atoms with van der Waals surface area (Å²) < 4.78 is 10.7. The van der Waals surface area contributed by atoms with Crippen LogP contribution < -0.4 is 15.9 Å². The van der Waals surface area contributed by atoms with Crippen molar-refractivity contribution in [2.45, 2.75) is 13.0 Å². The maximum Gasteiger partial charge on any atom is 0.495 e. The monoisotopic (exact) mass is 241 g/mol. The lowest BCUT2D eigenvalue weighted by Crippen LogP contribution is -2.30. The van der Waals surface area contributed by atoms with Gasteiger partial charge in [0.05, 0.1) is 12.7 Å². The van der Waals surface area contributed by atoms with E-state index in [0.29, 0.717) is 29.4 Å². The van der Waals surface area contributed by atoms with Crippen molar-refractivity contribution in [1.29, 1.82) is 0 Å². The minimum Gasteiger partial charge on any atom is -0.494 e. The molecule has 6 heteroatoms. The number of hydrogen-bond donors (Lipinski definition) is 2. The second-order valence-electron chi connectivity index (χ2n) is 3.55. The van der Waals surface area contributed by atoms with E-state index in [9.17, 15) is 5.02 Å². The molecule has 3 N–H and O–H groups in total. The highest BCUT2D eigenvalue weighted by molar-refractivity contribution is 6.63. The van der Waals surface area contributed by atoms with Crippen molar-refractivity contribution in [3.05, 3.63) is 22.7 Å². The minimum atomic E-state index is -0.984. The lowest BCUT2D eigenvalue weighted by Gasteiger charge is -2.11. The third-order valence-corrected chi connectivity index (χ3v) is 2.76. The van der Waals surface area contributed by atoms with Crippen LogP contribution in [0.25, 0.3) is 0 Å². The van der Waals surface area contributed by atoms with Gasteiger partial charge >= 0.3 is 7.12 Å². The number of rotatable bonds is 3. The van der Waals surface area contributed by atoms with Gasteiger partial charge in [-0.05, 0) is 24.6 Å². The summed E-state index contributed by atoms with van der Waals surface area (Å²) in [5.74, 6) is 0.563. The molecule has 1 aliphatic rings. The van der Waals surface area contributed by atoms with Crippen LogP contribution in [0.15, 0.2) is 12.1 Å². The fourth-order valence-corrected chi connectivity index (χ4v) is 2.11. The van der Waals surface area contributed by atoms with Gasteiger partial charge in [-0.25, -0.2) is 0 Å². The fourth-order valence-electron chi connectivity index (χ4n) is 1.90. The summed E-state index contributed by atoms with van der Waals surface area (Å²) in [6, 6.07) is 3.43. The highest BCUT2D eigenvalue weighted by Crippen LogP contribution is 2.30. The van der Waals surface area contributed by atoms with Crippen molar-refractivity contribution in [2.75, 3.05) is 13.2 Å². The molecule has 4 nitrogen and oxygen atoms in total. The van der Waals surface area contributed by atoms with E-state index in [-0.39, 0.29) is 6.10 Å². The first kappa shape index (κ1) is 11.7. The van der Waals surface area contributed by atoms with Gasteiger partial charge in [0.25, 0.3) is 0 Å². The van der Waals surface area contributed by atoms with E-state index >= 15 is 0 Å². The van der Waals surface area contributed by atoms with Gasteiger partial charge in [0.15, 0.2) is 0 Å². The number of fused-ring (bicyclic) bond motifs is 1. The highest BCUT2D eigenvalue weighted by atomic mass is 35.5. The van der Waals surface area contributed by atoms with Gasteiger partial charge in [0.1, 0.15) is 5.75 Å². The first-order valence-electron chi connectivity index (χ1n) is 5.17. The maximum absolute atomic E-state index is 9.78.